The maximum absolute atomic E-state index is 13.6. The summed E-state index contributed by atoms with van der Waals surface area (Å²) in [5.74, 6) is -0.174. The predicted octanol–water partition coefficient (Wildman–Crippen LogP) is 6.88. The Bertz CT molecular complexity index is 1410. The second-order valence-electron chi connectivity index (χ2n) is 9.46. The van der Waals surface area contributed by atoms with Gasteiger partial charge >= 0.3 is 0 Å². The van der Waals surface area contributed by atoms with Crippen LogP contribution in [0.25, 0.3) is 5.32 Å². The zero-order valence-corrected chi connectivity index (χ0v) is 23.1. The molecule has 1 saturated heterocycles. The molecule has 3 unspecified atom stereocenters. The minimum absolute atomic E-state index is 0.0503. The molecule has 0 aromatic heterocycles. The molecule has 1 aliphatic rings. The van der Waals surface area contributed by atoms with E-state index in [9.17, 15) is 4.79 Å². The van der Waals surface area contributed by atoms with E-state index in [1.54, 1.807) is 0 Å². The Labute approximate surface area is 235 Å². The van der Waals surface area contributed by atoms with E-state index < -0.39 is 7.26 Å². The van der Waals surface area contributed by atoms with E-state index in [0.717, 1.165) is 5.56 Å². The molecule has 192 valence electrons. The molecule has 5 heteroatoms. The van der Waals surface area contributed by atoms with Crippen LogP contribution in [0, 0.1) is 0 Å². The lowest BCUT2D eigenvalue weighted by molar-refractivity contribution is 0.108. The highest BCUT2D eigenvalue weighted by molar-refractivity contribution is 8.15. The number of nitrogens with one attached hydrogen (secondary N) is 1. The normalized spacial score (nSPS) is 19.0. The summed E-state index contributed by atoms with van der Waals surface area (Å²) in [6.45, 7) is 0. The van der Waals surface area contributed by atoms with E-state index in [2.05, 4.69) is 108 Å². The second-order valence-corrected chi connectivity index (χ2v) is 14.1. The Balaban J connectivity index is 1.55. The molecule has 0 saturated carbocycles. The zero-order chi connectivity index (χ0) is 26.5. The fourth-order valence-electron chi connectivity index (χ4n) is 5.38. The molecule has 6 rings (SSSR count). The van der Waals surface area contributed by atoms with Crippen LogP contribution in [0.5, 0.6) is 0 Å². The highest BCUT2D eigenvalue weighted by atomic mass is 32.2. The number of carbonyl (C=O) groups is 1. The number of rotatable bonds is 7. The number of benzene rings is 5. The molecule has 39 heavy (non-hydrogen) atoms. The molecule has 5 aromatic rings. The molecule has 0 aliphatic carbocycles. The van der Waals surface area contributed by atoms with E-state index in [-0.39, 0.29) is 22.4 Å². The van der Waals surface area contributed by atoms with Gasteiger partial charge in [0.05, 0.1) is 12.6 Å². The quantitative estimate of drug-likeness (QED) is 0.227. The summed E-state index contributed by atoms with van der Waals surface area (Å²) in [6.07, 6.45) is -0.215. The number of hydrogen-bond acceptors (Lipinski definition) is 3. The fraction of sp³-hybridized carbons (Fsp3) is 0.0882. The van der Waals surface area contributed by atoms with Crippen LogP contribution in [-0.4, -0.2) is 16.3 Å². The molecular formula is C34H29N2OPS. The van der Waals surface area contributed by atoms with Gasteiger partial charge in [-0.2, -0.15) is 0 Å². The summed E-state index contributed by atoms with van der Waals surface area (Å²) < 4.78 is 0. The van der Waals surface area contributed by atoms with E-state index in [0.29, 0.717) is 5.56 Å². The van der Waals surface area contributed by atoms with Crippen LogP contribution in [0.3, 0.4) is 0 Å². The topological polar surface area (TPSA) is 43.2 Å². The molecule has 0 bridgehead atoms. The van der Waals surface area contributed by atoms with E-state index >= 15 is 0 Å². The monoisotopic (exact) mass is 544 g/mol. The minimum Gasteiger partial charge on any atom is -0.604 e. The van der Waals surface area contributed by atoms with Crippen LogP contribution in [0.4, 0.5) is 0 Å². The molecule has 1 heterocycles. The molecule has 3 nitrogen and oxygen atoms in total. The number of nitrogens with zero attached hydrogens (tertiary/aromatic N) is 1. The van der Waals surface area contributed by atoms with Gasteiger partial charge in [-0.1, -0.05) is 139 Å². The molecule has 1 N–H and O–H groups in total. The average molecular weight is 545 g/mol. The van der Waals surface area contributed by atoms with Gasteiger partial charge in [-0.3, -0.25) is 4.79 Å². The summed E-state index contributed by atoms with van der Waals surface area (Å²) in [7, 11) is -2.36. The Morgan fingerprint density at radius 3 is 1.46 bits per heavy atom. The van der Waals surface area contributed by atoms with Gasteiger partial charge in [-0.25, -0.2) is 0 Å². The maximum atomic E-state index is 13.6. The smallest absolute Gasteiger partial charge is 0.220 e. The van der Waals surface area contributed by atoms with Gasteiger partial charge < -0.3 is 10.6 Å². The first-order valence-corrected chi connectivity index (χ1v) is 15.8. The molecule has 0 radical (unpaired) electrons. The number of carbonyl (C=O) groups excluding carboxylic acids is 1. The summed E-state index contributed by atoms with van der Waals surface area (Å²) in [5.41, 5.74) is 1.80. The van der Waals surface area contributed by atoms with Gasteiger partial charge in [0, 0.05) is 11.3 Å². The summed E-state index contributed by atoms with van der Waals surface area (Å²) >= 11 is 1.36. The third-order valence-corrected chi connectivity index (χ3v) is 13.0. The van der Waals surface area contributed by atoms with Gasteiger partial charge in [-0.15, -0.1) is 0 Å². The first kappa shape index (κ1) is 25.7. The standard InChI is InChI=1S/C34H29N2OPS/c37-34(27-18-8-2-9-19-27)39-33-32(35-31(36-33)26-16-6-1-7-17-26)38(28-20-10-3-11-21-28,29-22-12-4-13-23-29)30-24-14-5-15-25-30/h1-25,31-33,36H. The second kappa shape index (κ2) is 11.7. The van der Waals surface area contributed by atoms with Gasteiger partial charge in [0.1, 0.15) is 15.9 Å². The predicted molar refractivity (Wildman–Crippen MR) is 167 cm³/mol. The Kier molecular flexibility index (Phi) is 7.71. The van der Waals surface area contributed by atoms with E-state index in [1.165, 1.54) is 27.7 Å². The first-order chi connectivity index (χ1) is 19.3. The van der Waals surface area contributed by atoms with Crippen LogP contribution in [-0.2, 0) is 0 Å². The van der Waals surface area contributed by atoms with Crippen LogP contribution in [0.15, 0.2) is 152 Å². The van der Waals surface area contributed by atoms with Crippen molar-refractivity contribution in [3.8, 4) is 0 Å². The van der Waals surface area contributed by atoms with Crippen LogP contribution >= 0.6 is 19.0 Å². The number of thioether (sulfide) groups is 1. The molecule has 3 atom stereocenters. The summed E-state index contributed by atoms with van der Waals surface area (Å²) in [4.78, 5) is 13.6. The fourth-order valence-corrected chi connectivity index (χ4v) is 11.6. The molecule has 1 aliphatic heterocycles. The number of hydrogen-bond donors (Lipinski definition) is 1. The van der Waals surface area contributed by atoms with Crippen molar-refractivity contribution >= 4 is 40.1 Å². The molecule has 0 spiro atoms. The summed E-state index contributed by atoms with van der Waals surface area (Å²) in [5, 5.41) is 12.9. The Morgan fingerprint density at radius 2 is 1.00 bits per heavy atom. The van der Waals surface area contributed by atoms with Gasteiger partial charge in [0.2, 0.25) is 5.12 Å². The third-order valence-electron chi connectivity index (χ3n) is 7.14. The first-order valence-electron chi connectivity index (χ1n) is 13.1. The van der Waals surface area contributed by atoms with Gasteiger partial charge in [-0.05, 0) is 36.4 Å². The molecule has 5 aromatic carbocycles. The minimum atomic E-state index is -2.36. The van der Waals surface area contributed by atoms with Crippen molar-refractivity contribution in [3.05, 3.63) is 168 Å². The zero-order valence-electron chi connectivity index (χ0n) is 21.4. The molecule has 0 amide bonds. The van der Waals surface area contributed by atoms with Crippen molar-refractivity contribution in [3.63, 3.8) is 0 Å². The van der Waals surface area contributed by atoms with Crippen molar-refractivity contribution in [1.29, 1.82) is 0 Å². The summed E-state index contributed by atoms with van der Waals surface area (Å²) in [6, 6.07) is 52.2. The third kappa shape index (κ3) is 5.09. The lowest BCUT2D eigenvalue weighted by atomic mass is 10.2. The average Bonchev–Trinajstić information content (AvgIpc) is 3.44. The Hall–Kier alpha value is -3.53. The molecule has 1 fully saturated rings. The van der Waals surface area contributed by atoms with Crippen LogP contribution in [0.1, 0.15) is 22.1 Å². The van der Waals surface area contributed by atoms with Crippen molar-refractivity contribution < 1.29 is 4.79 Å². The van der Waals surface area contributed by atoms with E-state index in [4.69, 9.17) is 5.32 Å². The Morgan fingerprint density at radius 1 is 0.590 bits per heavy atom. The SMILES string of the molecule is O=C(SC1NC(c2ccccc2)[N-]C1[P+](c1ccccc1)(c1ccccc1)c1ccccc1)c1ccccc1. The maximum Gasteiger partial charge on any atom is 0.220 e. The molecular weight excluding hydrogens is 515 g/mol. The van der Waals surface area contributed by atoms with Gasteiger partial charge in [0.15, 0.2) is 0 Å². The van der Waals surface area contributed by atoms with E-state index in [1.807, 2.05) is 48.5 Å². The van der Waals surface area contributed by atoms with Crippen molar-refractivity contribution in [1.82, 2.24) is 5.32 Å². The highest BCUT2D eigenvalue weighted by Crippen LogP contribution is 2.66. The van der Waals surface area contributed by atoms with Crippen molar-refractivity contribution in [2.45, 2.75) is 17.3 Å². The largest absolute Gasteiger partial charge is 0.604 e. The van der Waals surface area contributed by atoms with Crippen LogP contribution in [0.2, 0.25) is 0 Å². The van der Waals surface area contributed by atoms with Gasteiger partial charge in [0.25, 0.3) is 0 Å². The van der Waals surface area contributed by atoms with Crippen molar-refractivity contribution in [2.24, 2.45) is 0 Å². The lowest BCUT2D eigenvalue weighted by Crippen LogP contribution is -2.43. The lowest BCUT2D eigenvalue weighted by Gasteiger charge is -2.41. The van der Waals surface area contributed by atoms with Crippen LogP contribution < -0.4 is 21.2 Å². The van der Waals surface area contributed by atoms with Crippen molar-refractivity contribution in [2.75, 3.05) is 0 Å². The highest BCUT2D eigenvalue weighted by Gasteiger charge is 2.53.